The second-order valence-corrected chi connectivity index (χ2v) is 9.82. The van der Waals surface area contributed by atoms with E-state index >= 15 is 0 Å². The van der Waals surface area contributed by atoms with Crippen LogP contribution < -0.4 is 15.8 Å². The average molecular weight is 540 g/mol. The molecule has 200 valence electrons. The number of H-pyrrole nitrogens is 1. The number of hydrogen-bond donors (Lipinski definition) is 3. The number of para-hydroxylation sites is 1. The molecule has 2 heterocycles. The molecule has 3 rings (SSSR count). The third-order valence-corrected chi connectivity index (χ3v) is 7.10. The van der Waals surface area contributed by atoms with Crippen molar-refractivity contribution in [3.8, 4) is 5.75 Å². The Morgan fingerprint density at radius 3 is 2.65 bits per heavy atom. The van der Waals surface area contributed by atoms with Crippen LogP contribution in [-0.4, -0.2) is 75.1 Å². The van der Waals surface area contributed by atoms with Gasteiger partial charge in [-0.25, -0.2) is 9.36 Å². The number of carbonyl (C=O) groups is 1. The van der Waals surface area contributed by atoms with Crippen molar-refractivity contribution in [2.45, 2.75) is 31.1 Å². The highest BCUT2D eigenvalue weighted by Crippen LogP contribution is 2.52. The second kappa shape index (κ2) is 11.7. The number of aromatic amines is 1. The van der Waals surface area contributed by atoms with Gasteiger partial charge in [-0.05, 0) is 31.6 Å². The highest BCUT2D eigenvalue weighted by atomic mass is 31.2. The Labute approximate surface area is 209 Å². The standard InChI is InChI=1S/C20H25N6O10P/c1-3-33-15(28)11-25(2)37(32,36-13-7-5-4-6-8-13)34-12-20(23-24-21)17(30)16(29)18(35-20)26-10-9-14(27)22-19(26)31/h4-10,16-18,29-30H,3,11-12H2,1-2H3,(H,22,27,31)/t16-,17+,18+,20?,37?/m0/s1. The maximum Gasteiger partial charge on any atom is 0.461 e. The minimum absolute atomic E-state index is 0.0702. The van der Waals surface area contributed by atoms with Crippen LogP contribution in [0.15, 0.2) is 57.3 Å². The Morgan fingerprint density at radius 1 is 1.32 bits per heavy atom. The molecule has 0 amide bonds. The molecule has 1 aromatic carbocycles. The zero-order valence-electron chi connectivity index (χ0n) is 19.7. The van der Waals surface area contributed by atoms with Gasteiger partial charge < -0.3 is 24.2 Å². The van der Waals surface area contributed by atoms with Crippen molar-refractivity contribution < 1.29 is 38.1 Å². The third-order valence-electron chi connectivity index (χ3n) is 5.22. The predicted molar refractivity (Wildman–Crippen MR) is 125 cm³/mol. The normalized spacial score (nSPS) is 24.7. The van der Waals surface area contributed by atoms with Gasteiger partial charge in [0.1, 0.15) is 24.5 Å². The van der Waals surface area contributed by atoms with Gasteiger partial charge in [-0.2, -0.15) is 4.67 Å². The number of nitrogens with zero attached hydrogens (tertiary/aromatic N) is 5. The van der Waals surface area contributed by atoms with E-state index in [4.69, 9.17) is 24.1 Å². The Bertz CT molecular complexity index is 1310. The van der Waals surface area contributed by atoms with Crippen LogP contribution in [0.5, 0.6) is 5.75 Å². The molecule has 16 nitrogen and oxygen atoms in total. The smallest absolute Gasteiger partial charge is 0.461 e. The van der Waals surface area contributed by atoms with E-state index < -0.39 is 62.3 Å². The van der Waals surface area contributed by atoms with Gasteiger partial charge in [-0.1, -0.05) is 23.3 Å². The molecule has 3 N–H and O–H groups in total. The van der Waals surface area contributed by atoms with E-state index in [9.17, 15) is 29.2 Å². The maximum atomic E-state index is 13.8. The maximum absolute atomic E-state index is 13.8. The summed E-state index contributed by atoms with van der Waals surface area (Å²) >= 11 is 0. The molecule has 17 heteroatoms. The molecule has 1 saturated heterocycles. The molecule has 1 fully saturated rings. The van der Waals surface area contributed by atoms with Crippen LogP contribution in [0.1, 0.15) is 13.2 Å². The SMILES string of the molecule is CCOC(=O)CN(C)P(=O)(OCC1(N=[N+]=[N-])O[C@@H](n2ccc(=O)[nH]c2=O)[C@@H](O)[C@H]1O)Oc1ccccc1. The summed E-state index contributed by atoms with van der Waals surface area (Å²) in [5.74, 6) is -0.634. The zero-order chi connectivity index (χ0) is 27.2. The summed E-state index contributed by atoms with van der Waals surface area (Å²) in [4.78, 5) is 40.2. The molecule has 2 unspecified atom stereocenters. The molecule has 0 aliphatic carbocycles. The molecule has 1 aromatic heterocycles. The number of benzene rings is 1. The van der Waals surface area contributed by atoms with Gasteiger partial charge in [0, 0.05) is 17.2 Å². The molecule has 1 aliphatic heterocycles. The van der Waals surface area contributed by atoms with Gasteiger partial charge >= 0.3 is 19.4 Å². The van der Waals surface area contributed by atoms with E-state index in [2.05, 4.69) is 10.0 Å². The lowest BCUT2D eigenvalue weighted by molar-refractivity contribution is -0.143. The van der Waals surface area contributed by atoms with Gasteiger partial charge in [0.15, 0.2) is 6.23 Å². The summed E-state index contributed by atoms with van der Waals surface area (Å²) < 4.78 is 37.0. The number of aromatic nitrogens is 2. The first kappa shape index (κ1) is 28.1. The number of esters is 1. The van der Waals surface area contributed by atoms with Gasteiger partial charge in [0.2, 0.25) is 5.72 Å². The van der Waals surface area contributed by atoms with E-state index in [0.29, 0.717) is 0 Å². The summed E-state index contributed by atoms with van der Waals surface area (Å²) in [6.45, 7) is 0.197. The summed E-state index contributed by atoms with van der Waals surface area (Å²) in [5.41, 5.74) is 5.05. The number of ether oxygens (including phenoxy) is 2. The lowest BCUT2D eigenvalue weighted by Gasteiger charge is -2.31. The lowest BCUT2D eigenvalue weighted by atomic mass is 10.1. The fraction of sp³-hybridized carbons (Fsp3) is 0.450. The number of carbonyl (C=O) groups excluding carboxylic acids is 1. The lowest BCUT2D eigenvalue weighted by Crippen LogP contribution is -2.45. The largest absolute Gasteiger partial charge is 0.465 e. The molecule has 37 heavy (non-hydrogen) atoms. The molecule has 5 atom stereocenters. The van der Waals surface area contributed by atoms with Crippen molar-refractivity contribution >= 4 is 13.7 Å². The minimum atomic E-state index is -4.42. The molecule has 0 bridgehead atoms. The Hall–Kier alpha value is -3.49. The molecule has 1 aliphatic rings. The Morgan fingerprint density at radius 2 is 2.03 bits per heavy atom. The van der Waals surface area contributed by atoms with Crippen LogP contribution in [-0.2, 0) is 23.4 Å². The van der Waals surface area contributed by atoms with Crippen molar-refractivity contribution in [1.82, 2.24) is 14.2 Å². The van der Waals surface area contributed by atoms with Crippen molar-refractivity contribution in [2.75, 3.05) is 26.8 Å². The molecular weight excluding hydrogens is 515 g/mol. The van der Waals surface area contributed by atoms with Gasteiger partial charge in [0.05, 0.1) is 13.2 Å². The van der Waals surface area contributed by atoms with E-state index in [-0.39, 0.29) is 12.4 Å². The number of azide groups is 1. The van der Waals surface area contributed by atoms with Crippen LogP contribution in [0.25, 0.3) is 10.4 Å². The van der Waals surface area contributed by atoms with Crippen molar-refractivity contribution in [1.29, 1.82) is 0 Å². The summed E-state index contributed by atoms with van der Waals surface area (Å²) in [6, 6.07) is 8.79. The van der Waals surface area contributed by atoms with Crippen LogP contribution >= 0.6 is 7.75 Å². The number of aliphatic hydroxyl groups excluding tert-OH is 2. The molecule has 0 radical (unpaired) electrons. The summed E-state index contributed by atoms with van der Waals surface area (Å²) in [7, 11) is -3.17. The van der Waals surface area contributed by atoms with E-state index in [1.165, 1.54) is 19.2 Å². The predicted octanol–water partition coefficient (Wildman–Crippen LogP) is 0.492. The summed E-state index contributed by atoms with van der Waals surface area (Å²) in [5, 5.41) is 24.7. The molecular formula is C20H25N6O10P. The number of nitrogens with one attached hydrogen (secondary N) is 1. The van der Waals surface area contributed by atoms with E-state index in [1.54, 1.807) is 25.1 Å². The molecule has 0 saturated carbocycles. The van der Waals surface area contributed by atoms with Crippen molar-refractivity contribution in [2.24, 2.45) is 5.11 Å². The van der Waals surface area contributed by atoms with Crippen LogP contribution in [0, 0.1) is 0 Å². The van der Waals surface area contributed by atoms with Crippen LogP contribution in [0.2, 0.25) is 0 Å². The molecule has 2 aromatic rings. The number of likely N-dealkylation sites (N-methyl/N-ethyl adjacent to an activating group) is 1. The number of aliphatic hydroxyl groups is 2. The van der Waals surface area contributed by atoms with E-state index in [1.807, 2.05) is 4.98 Å². The van der Waals surface area contributed by atoms with Gasteiger partial charge in [-0.3, -0.25) is 23.7 Å². The van der Waals surface area contributed by atoms with Crippen molar-refractivity contribution in [3.05, 3.63) is 73.9 Å². The van der Waals surface area contributed by atoms with Gasteiger partial charge in [0.25, 0.3) is 5.56 Å². The number of rotatable bonds is 11. The van der Waals surface area contributed by atoms with Crippen LogP contribution in [0.4, 0.5) is 0 Å². The first-order valence-corrected chi connectivity index (χ1v) is 12.3. The van der Waals surface area contributed by atoms with E-state index in [0.717, 1.165) is 21.5 Å². The zero-order valence-corrected chi connectivity index (χ0v) is 20.6. The van der Waals surface area contributed by atoms with Crippen molar-refractivity contribution in [3.63, 3.8) is 0 Å². The first-order chi connectivity index (χ1) is 17.5. The third kappa shape index (κ3) is 6.26. The second-order valence-electron chi connectivity index (χ2n) is 7.76. The minimum Gasteiger partial charge on any atom is -0.465 e. The monoisotopic (exact) mass is 540 g/mol. The Kier molecular flexibility index (Phi) is 8.89. The topological polar surface area (TPSA) is 218 Å². The fourth-order valence-electron chi connectivity index (χ4n) is 3.39. The Balaban J connectivity index is 1.93. The van der Waals surface area contributed by atoms with Crippen LogP contribution in [0.3, 0.4) is 0 Å². The highest BCUT2D eigenvalue weighted by Gasteiger charge is 2.56. The fourth-order valence-corrected chi connectivity index (χ4v) is 4.80. The number of hydrogen-bond acceptors (Lipinski definition) is 11. The average Bonchev–Trinajstić information content (AvgIpc) is 3.09. The quantitative estimate of drug-likeness (QED) is 0.117. The summed E-state index contributed by atoms with van der Waals surface area (Å²) in [6.07, 6.45) is -4.44. The molecule has 0 spiro atoms. The van der Waals surface area contributed by atoms with Gasteiger partial charge in [-0.15, -0.1) is 0 Å². The first-order valence-electron chi connectivity index (χ1n) is 10.8. The highest BCUT2D eigenvalue weighted by molar-refractivity contribution is 7.51.